The standard InChI is InChI=1S/C24H28N2O3/c27-23(25-15-17-7-3-1-4-8-17)20-13-19-14-21(11-12-22(19)29-16-20)26-24(28)18-9-5-2-6-10-18/h2,5-6,9-12,14,17,20H,1,3-4,7-8,13,15-16H2,(H,25,27)(H,26,28). The molecule has 1 heterocycles. The minimum absolute atomic E-state index is 0.0694. The molecule has 0 bridgehead atoms. The van der Waals surface area contributed by atoms with E-state index in [2.05, 4.69) is 10.6 Å². The van der Waals surface area contributed by atoms with Gasteiger partial charge in [0.1, 0.15) is 12.4 Å². The van der Waals surface area contributed by atoms with Crippen LogP contribution in [0.5, 0.6) is 5.75 Å². The lowest BCUT2D eigenvalue weighted by Gasteiger charge is -2.27. The van der Waals surface area contributed by atoms with Gasteiger partial charge in [-0.05, 0) is 61.1 Å². The third-order valence-corrected chi connectivity index (χ3v) is 5.92. The summed E-state index contributed by atoms with van der Waals surface area (Å²) >= 11 is 0. The van der Waals surface area contributed by atoms with Crippen molar-refractivity contribution in [3.05, 3.63) is 59.7 Å². The van der Waals surface area contributed by atoms with E-state index in [-0.39, 0.29) is 17.7 Å². The van der Waals surface area contributed by atoms with Gasteiger partial charge in [0.15, 0.2) is 0 Å². The SMILES string of the molecule is O=C(Nc1ccc2c(c1)CC(C(=O)NCC1CCCCC1)CO2)c1ccccc1. The highest BCUT2D eigenvalue weighted by atomic mass is 16.5. The second-order valence-electron chi connectivity index (χ2n) is 8.10. The third-order valence-electron chi connectivity index (χ3n) is 5.92. The minimum atomic E-state index is -0.189. The Kier molecular flexibility index (Phi) is 6.13. The van der Waals surface area contributed by atoms with E-state index in [1.165, 1.54) is 32.1 Å². The molecule has 2 amide bonds. The van der Waals surface area contributed by atoms with Gasteiger partial charge >= 0.3 is 0 Å². The van der Waals surface area contributed by atoms with Crippen molar-refractivity contribution in [2.45, 2.75) is 38.5 Å². The molecule has 0 spiro atoms. The zero-order chi connectivity index (χ0) is 20.1. The van der Waals surface area contributed by atoms with Crippen molar-refractivity contribution in [2.24, 2.45) is 11.8 Å². The van der Waals surface area contributed by atoms with Crippen molar-refractivity contribution in [1.82, 2.24) is 5.32 Å². The van der Waals surface area contributed by atoms with Crippen molar-refractivity contribution in [3.63, 3.8) is 0 Å². The van der Waals surface area contributed by atoms with E-state index in [0.29, 0.717) is 30.2 Å². The summed E-state index contributed by atoms with van der Waals surface area (Å²) in [7, 11) is 0. The van der Waals surface area contributed by atoms with Gasteiger partial charge in [0.25, 0.3) is 5.91 Å². The average Bonchev–Trinajstić information content (AvgIpc) is 2.78. The lowest BCUT2D eigenvalue weighted by molar-refractivity contribution is -0.126. The number of carbonyl (C=O) groups is 2. The Hall–Kier alpha value is -2.82. The number of hydrogen-bond donors (Lipinski definition) is 2. The van der Waals surface area contributed by atoms with Crippen LogP contribution in [0.3, 0.4) is 0 Å². The molecule has 2 aliphatic rings. The number of rotatable bonds is 5. The highest BCUT2D eigenvalue weighted by Crippen LogP contribution is 2.30. The minimum Gasteiger partial charge on any atom is -0.492 e. The predicted octanol–water partition coefficient (Wildman–Crippen LogP) is 4.19. The Bertz CT molecular complexity index is 860. The topological polar surface area (TPSA) is 67.4 Å². The van der Waals surface area contributed by atoms with Crippen LogP contribution in [-0.2, 0) is 11.2 Å². The maximum absolute atomic E-state index is 12.6. The molecule has 4 rings (SSSR count). The molecule has 152 valence electrons. The van der Waals surface area contributed by atoms with E-state index in [0.717, 1.165) is 17.9 Å². The fourth-order valence-corrected chi connectivity index (χ4v) is 4.21. The number of anilines is 1. The summed E-state index contributed by atoms with van der Waals surface area (Å²) in [4.78, 5) is 25.0. The van der Waals surface area contributed by atoms with Gasteiger partial charge in [0.05, 0.1) is 5.92 Å². The lowest BCUT2D eigenvalue weighted by Crippen LogP contribution is -2.39. The summed E-state index contributed by atoms with van der Waals surface area (Å²) < 4.78 is 5.82. The van der Waals surface area contributed by atoms with Crippen molar-refractivity contribution >= 4 is 17.5 Å². The second kappa shape index (κ2) is 9.12. The van der Waals surface area contributed by atoms with Crippen LogP contribution in [0.1, 0.15) is 48.0 Å². The molecule has 1 aliphatic heterocycles. The Balaban J connectivity index is 1.36. The molecule has 0 radical (unpaired) electrons. The Morgan fingerprint density at radius 1 is 1.00 bits per heavy atom. The first kappa shape index (κ1) is 19.5. The quantitative estimate of drug-likeness (QED) is 0.802. The van der Waals surface area contributed by atoms with E-state index in [4.69, 9.17) is 4.74 Å². The van der Waals surface area contributed by atoms with Crippen LogP contribution in [0.15, 0.2) is 48.5 Å². The van der Waals surface area contributed by atoms with E-state index in [9.17, 15) is 9.59 Å². The summed E-state index contributed by atoms with van der Waals surface area (Å²) in [6.07, 6.45) is 6.93. The van der Waals surface area contributed by atoms with E-state index in [1.54, 1.807) is 12.1 Å². The van der Waals surface area contributed by atoms with E-state index in [1.807, 2.05) is 36.4 Å². The van der Waals surface area contributed by atoms with Gasteiger partial charge in [-0.15, -0.1) is 0 Å². The molecule has 0 saturated heterocycles. The monoisotopic (exact) mass is 392 g/mol. The van der Waals surface area contributed by atoms with Gasteiger partial charge in [-0.25, -0.2) is 0 Å². The molecule has 5 nitrogen and oxygen atoms in total. The number of carbonyl (C=O) groups excluding carboxylic acids is 2. The summed E-state index contributed by atoms with van der Waals surface area (Å²) in [5.41, 5.74) is 2.28. The molecule has 1 unspecified atom stereocenters. The molecule has 1 saturated carbocycles. The van der Waals surface area contributed by atoms with Crippen molar-refractivity contribution in [3.8, 4) is 5.75 Å². The number of amides is 2. The largest absolute Gasteiger partial charge is 0.492 e. The predicted molar refractivity (Wildman–Crippen MR) is 113 cm³/mol. The number of ether oxygens (including phenoxy) is 1. The van der Waals surface area contributed by atoms with Gasteiger partial charge in [0.2, 0.25) is 5.91 Å². The summed E-state index contributed by atoms with van der Waals surface area (Å²) in [5, 5.41) is 6.06. The molecule has 1 fully saturated rings. The number of nitrogens with one attached hydrogen (secondary N) is 2. The van der Waals surface area contributed by atoms with Crippen molar-refractivity contribution in [2.75, 3.05) is 18.5 Å². The van der Waals surface area contributed by atoms with Crippen LogP contribution in [0.4, 0.5) is 5.69 Å². The maximum Gasteiger partial charge on any atom is 0.255 e. The van der Waals surface area contributed by atoms with Crippen LogP contribution in [0.2, 0.25) is 0 Å². The highest BCUT2D eigenvalue weighted by molar-refractivity contribution is 6.04. The smallest absolute Gasteiger partial charge is 0.255 e. The zero-order valence-corrected chi connectivity index (χ0v) is 16.7. The Labute approximate surface area is 171 Å². The normalized spacial score (nSPS) is 19.0. The number of fused-ring (bicyclic) bond motifs is 1. The molecular formula is C24H28N2O3. The summed E-state index contributed by atoms with van der Waals surface area (Å²) in [6.45, 7) is 1.18. The lowest BCUT2D eigenvalue weighted by atomic mass is 9.89. The zero-order valence-electron chi connectivity index (χ0n) is 16.7. The van der Waals surface area contributed by atoms with Gasteiger partial charge in [-0.3, -0.25) is 9.59 Å². The van der Waals surface area contributed by atoms with Crippen LogP contribution >= 0.6 is 0 Å². The molecule has 1 atom stereocenters. The first-order chi connectivity index (χ1) is 14.2. The van der Waals surface area contributed by atoms with E-state index < -0.39 is 0 Å². The van der Waals surface area contributed by atoms with Crippen molar-refractivity contribution in [1.29, 1.82) is 0 Å². The summed E-state index contributed by atoms with van der Waals surface area (Å²) in [6, 6.07) is 14.7. The van der Waals surface area contributed by atoms with Gasteiger partial charge in [-0.2, -0.15) is 0 Å². The van der Waals surface area contributed by atoms with Crippen LogP contribution < -0.4 is 15.4 Å². The molecular weight excluding hydrogens is 364 g/mol. The molecule has 2 aromatic carbocycles. The van der Waals surface area contributed by atoms with Crippen LogP contribution in [-0.4, -0.2) is 25.0 Å². The first-order valence-electron chi connectivity index (χ1n) is 10.6. The van der Waals surface area contributed by atoms with Gasteiger partial charge in [0, 0.05) is 17.8 Å². The van der Waals surface area contributed by atoms with Crippen molar-refractivity contribution < 1.29 is 14.3 Å². The molecule has 29 heavy (non-hydrogen) atoms. The Morgan fingerprint density at radius 3 is 2.59 bits per heavy atom. The molecule has 5 heteroatoms. The first-order valence-corrected chi connectivity index (χ1v) is 10.6. The fourth-order valence-electron chi connectivity index (χ4n) is 4.21. The fraction of sp³-hybridized carbons (Fsp3) is 0.417. The Morgan fingerprint density at radius 2 is 1.79 bits per heavy atom. The molecule has 2 aromatic rings. The van der Waals surface area contributed by atoms with Crippen LogP contribution in [0, 0.1) is 11.8 Å². The van der Waals surface area contributed by atoms with Crippen LogP contribution in [0.25, 0.3) is 0 Å². The highest BCUT2D eigenvalue weighted by Gasteiger charge is 2.27. The average molecular weight is 392 g/mol. The summed E-state index contributed by atoms with van der Waals surface area (Å²) in [5.74, 6) is 1.14. The molecule has 2 N–H and O–H groups in total. The van der Waals surface area contributed by atoms with Gasteiger partial charge < -0.3 is 15.4 Å². The van der Waals surface area contributed by atoms with Gasteiger partial charge in [-0.1, -0.05) is 37.5 Å². The maximum atomic E-state index is 12.6. The molecule has 0 aromatic heterocycles. The number of hydrogen-bond acceptors (Lipinski definition) is 3. The van der Waals surface area contributed by atoms with E-state index >= 15 is 0 Å². The third kappa shape index (κ3) is 4.97. The molecule has 1 aliphatic carbocycles. The second-order valence-corrected chi connectivity index (χ2v) is 8.10. The number of benzene rings is 2.